The number of rotatable bonds is 5. The first-order valence-corrected chi connectivity index (χ1v) is 8.09. The van der Waals surface area contributed by atoms with Crippen LogP contribution in [-0.4, -0.2) is 13.1 Å². The van der Waals surface area contributed by atoms with Crippen LogP contribution in [0.1, 0.15) is 73.1 Å². The third-order valence-electron chi connectivity index (χ3n) is 5.37. The molecule has 108 valence electrons. The fourth-order valence-electron chi connectivity index (χ4n) is 3.74. The van der Waals surface area contributed by atoms with Crippen LogP contribution in [0.25, 0.3) is 0 Å². The van der Waals surface area contributed by atoms with Gasteiger partial charge in [-0.1, -0.05) is 47.5 Å². The van der Waals surface area contributed by atoms with E-state index in [0.717, 1.165) is 23.8 Å². The standard InChI is InChI=1S/C17H35N/c1-7-13(8-2)11-14-12-15(17(3,4)5)9-10-16(14)18-6/h13-16,18H,7-12H2,1-6H3. The molecule has 3 unspecified atom stereocenters. The van der Waals surface area contributed by atoms with Crippen molar-refractivity contribution < 1.29 is 0 Å². The molecule has 3 atom stereocenters. The van der Waals surface area contributed by atoms with E-state index in [0.29, 0.717) is 5.41 Å². The highest BCUT2D eigenvalue weighted by Gasteiger charge is 2.35. The second-order valence-electron chi connectivity index (χ2n) is 7.45. The molecule has 1 saturated carbocycles. The summed E-state index contributed by atoms with van der Waals surface area (Å²) in [7, 11) is 2.15. The van der Waals surface area contributed by atoms with Crippen molar-refractivity contribution in [3.63, 3.8) is 0 Å². The van der Waals surface area contributed by atoms with E-state index in [1.807, 2.05) is 0 Å². The quantitative estimate of drug-likeness (QED) is 0.737. The van der Waals surface area contributed by atoms with Gasteiger partial charge in [-0.15, -0.1) is 0 Å². The summed E-state index contributed by atoms with van der Waals surface area (Å²) in [6.07, 6.45) is 8.36. The molecule has 1 rings (SSSR count). The van der Waals surface area contributed by atoms with Gasteiger partial charge in [0, 0.05) is 6.04 Å². The van der Waals surface area contributed by atoms with Gasteiger partial charge in [-0.25, -0.2) is 0 Å². The zero-order valence-electron chi connectivity index (χ0n) is 13.6. The Labute approximate surface area is 115 Å². The molecule has 0 aromatic heterocycles. The van der Waals surface area contributed by atoms with Crippen molar-refractivity contribution in [1.29, 1.82) is 0 Å². The summed E-state index contributed by atoms with van der Waals surface area (Å²) in [4.78, 5) is 0. The maximum atomic E-state index is 3.58. The van der Waals surface area contributed by atoms with E-state index in [1.54, 1.807) is 0 Å². The Kier molecular flexibility index (Phi) is 6.17. The highest BCUT2D eigenvalue weighted by atomic mass is 14.9. The molecule has 0 aromatic carbocycles. The third kappa shape index (κ3) is 4.26. The highest BCUT2D eigenvalue weighted by Crippen LogP contribution is 2.42. The van der Waals surface area contributed by atoms with E-state index in [9.17, 15) is 0 Å². The van der Waals surface area contributed by atoms with Crippen LogP contribution >= 0.6 is 0 Å². The molecule has 0 radical (unpaired) electrons. The smallest absolute Gasteiger partial charge is 0.00926 e. The van der Waals surface area contributed by atoms with E-state index < -0.39 is 0 Å². The fourth-order valence-corrected chi connectivity index (χ4v) is 3.74. The van der Waals surface area contributed by atoms with Gasteiger partial charge in [-0.3, -0.25) is 0 Å². The number of hydrogen-bond donors (Lipinski definition) is 1. The van der Waals surface area contributed by atoms with Crippen molar-refractivity contribution in [2.45, 2.75) is 79.2 Å². The number of hydrogen-bond acceptors (Lipinski definition) is 1. The maximum Gasteiger partial charge on any atom is 0.00926 e. The number of nitrogens with one attached hydrogen (secondary N) is 1. The molecule has 0 aliphatic heterocycles. The molecular formula is C17H35N. The van der Waals surface area contributed by atoms with Crippen LogP contribution in [0.5, 0.6) is 0 Å². The molecule has 1 aliphatic carbocycles. The summed E-state index contributed by atoms with van der Waals surface area (Å²) in [5.74, 6) is 2.75. The Morgan fingerprint density at radius 2 is 1.72 bits per heavy atom. The topological polar surface area (TPSA) is 12.0 Å². The van der Waals surface area contributed by atoms with Crippen molar-refractivity contribution in [2.24, 2.45) is 23.2 Å². The van der Waals surface area contributed by atoms with Crippen LogP contribution in [0, 0.1) is 23.2 Å². The summed E-state index contributed by atoms with van der Waals surface area (Å²) in [5, 5.41) is 3.58. The van der Waals surface area contributed by atoms with Gasteiger partial charge in [0.1, 0.15) is 0 Å². The van der Waals surface area contributed by atoms with E-state index in [2.05, 4.69) is 47.0 Å². The Morgan fingerprint density at radius 3 is 2.17 bits per heavy atom. The Hall–Kier alpha value is -0.0400. The van der Waals surface area contributed by atoms with Crippen molar-refractivity contribution in [3.05, 3.63) is 0 Å². The predicted molar refractivity (Wildman–Crippen MR) is 81.8 cm³/mol. The molecule has 1 fully saturated rings. The molecule has 1 N–H and O–H groups in total. The fraction of sp³-hybridized carbons (Fsp3) is 1.00. The SMILES string of the molecule is CCC(CC)CC1CC(C(C)(C)C)CCC1NC. The summed E-state index contributed by atoms with van der Waals surface area (Å²) < 4.78 is 0. The van der Waals surface area contributed by atoms with Gasteiger partial charge < -0.3 is 5.32 Å². The zero-order valence-corrected chi connectivity index (χ0v) is 13.6. The van der Waals surface area contributed by atoms with Gasteiger partial charge >= 0.3 is 0 Å². The third-order valence-corrected chi connectivity index (χ3v) is 5.37. The van der Waals surface area contributed by atoms with E-state index in [-0.39, 0.29) is 0 Å². The van der Waals surface area contributed by atoms with Crippen LogP contribution in [0.15, 0.2) is 0 Å². The molecule has 0 saturated heterocycles. The minimum absolute atomic E-state index is 0.491. The van der Waals surface area contributed by atoms with Crippen LogP contribution in [0.2, 0.25) is 0 Å². The first-order valence-electron chi connectivity index (χ1n) is 8.09. The van der Waals surface area contributed by atoms with Crippen LogP contribution < -0.4 is 5.32 Å². The summed E-state index contributed by atoms with van der Waals surface area (Å²) in [6, 6.07) is 0.768. The minimum atomic E-state index is 0.491. The van der Waals surface area contributed by atoms with Gasteiger partial charge in [-0.05, 0) is 55.9 Å². The lowest BCUT2D eigenvalue weighted by molar-refractivity contribution is 0.102. The van der Waals surface area contributed by atoms with Gasteiger partial charge in [0.2, 0.25) is 0 Å². The van der Waals surface area contributed by atoms with Crippen molar-refractivity contribution in [2.75, 3.05) is 7.05 Å². The monoisotopic (exact) mass is 253 g/mol. The Morgan fingerprint density at radius 1 is 1.11 bits per heavy atom. The summed E-state index contributed by atoms with van der Waals surface area (Å²) >= 11 is 0. The molecule has 0 amide bonds. The van der Waals surface area contributed by atoms with Gasteiger partial charge in [0.05, 0.1) is 0 Å². The van der Waals surface area contributed by atoms with E-state index in [4.69, 9.17) is 0 Å². The molecule has 0 heterocycles. The highest BCUT2D eigenvalue weighted by molar-refractivity contribution is 4.89. The lowest BCUT2D eigenvalue weighted by atomic mass is 9.65. The molecule has 0 aromatic rings. The van der Waals surface area contributed by atoms with Crippen molar-refractivity contribution in [1.82, 2.24) is 5.32 Å². The van der Waals surface area contributed by atoms with Gasteiger partial charge in [-0.2, -0.15) is 0 Å². The average molecular weight is 253 g/mol. The van der Waals surface area contributed by atoms with E-state index in [1.165, 1.54) is 38.5 Å². The molecule has 18 heavy (non-hydrogen) atoms. The maximum absolute atomic E-state index is 3.58. The molecule has 1 heteroatoms. The second kappa shape index (κ2) is 6.93. The van der Waals surface area contributed by atoms with Crippen LogP contribution in [0.3, 0.4) is 0 Å². The normalized spacial score (nSPS) is 29.8. The zero-order chi connectivity index (χ0) is 13.8. The molecular weight excluding hydrogens is 218 g/mol. The second-order valence-corrected chi connectivity index (χ2v) is 7.45. The Balaban J connectivity index is 2.64. The minimum Gasteiger partial charge on any atom is -0.317 e. The summed E-state index contributed by atoms with van der Waals surface area (Å²) in [5.41, 5.74) is 0.491. The molecule has 0 bridgehead atoms. The van der Waals surface area contributed by atoms with Crippen LogP contribution in [-0.2, 0) is 0 Å². The Bertz CT molecular complexity index is 224. The first-order chi connectivity index (χ1) is 8.42. The lowest BCUT2D eigenvalue weighted by Crippen LogP contribution is -2.42. The molecule has 1 aliphatic rings. The van der Waals surface area contributed by atoms with Gasteiger partial charge in [0.15, 0.2) is 0 Å². The predicted octanol–water partition coefficient (Wildman–Crippen LogP) is 4.86. The van der Waals surface area contributed by atoms with Crippen molar-refractivity contribution in [3.8, 4) is 0 Å². The lowest BCUT2D eigenvalue weighted by Gasteiger charge is -2.43. The largest absolute Gasteiger partial charge is 0.317 e. The van der Waals surface area contributed by atoms with Crippen LogP contribution in [0.4, 0.5) is 0 Å². The molecule has 1 nitrogen and oxygen atoms in total. The summed E-state index contributed by atoms with van der Waals surface area (Å²) in [6.45, 7) is 12.0. The van der Waals surface area contributed by atoms with Gasteiger partial charge in [0.25, 0.3) is 0 Å². The first kappa shape index (κ1) is 16.0. The molecule has 0 spiro atoms. The van der Waals surface area contributed by atoms with E-state index >= 15 is 0 Å². The average Bonchev–Trinajstić information content (AvgIpc) is 2.34. The van der Waals surface area contributed by atoms with Crippen molar-refractivity contribution >= 4 is 0 Å².